The zero-order valence-corrected chi connectivity index (χ0v) is 15.3. The molecule has 3 aromatic carbocycles. The summed E-state index contributed by atoms with van der Waals surface area (Å²) in [7, 11) is 0. The van der Waals surface area contributed by atoms with Crippen molar-refractivity contribution < 1.29 is 14.3 Å². The normalized spacial score (nSPS) is 10.4. The third-order valence-electron chi connectivity index (χ3n) is 3.85. The Morgan fingerprint density at radius 2 is 1.58 bits per heavy atom. The van der Waals surface area contributed by atoms with E-state index in [0.29, 0.717) is 33.0 Å². The average Bonchev–Trinajstić information content (AvgIpc) is 2.65. The Labute approximate surface area is 161 Å². The number of benzene rings is 3. The van der Waals surface area contributed by atoms with E-state index < -0.39 is 5.97 Å². The van der Waals surface area contributed by atoms with Gasteiger partial charge in [-0.2, -0.15) is 0 Å². The molecular weight excluding hydrogens is 371 g/mol. The number of carbonyl (C=O) groups is 2. The summed E-state index contributed by atoms with van der Waals surface area (Å²) in [5, 5.41) is 0.541. The van der Waals surface area contributed by atoms with Crippen LogP contribution in [0.3, 0.4) is 0 Å². The standard InChI is InChI=1S/C21H14Cl2O3/c1-13-12-15(20(24)16-8-5-9-17(22)19(16)23)10-11-18(13)26-21(25)14-6-3-2-4-7-14/h2-12H,1H3. The van der Waals surface area contributed by atoms with Crippen molar-refractivity contribution in [1.29, 1.82) is 0 Å². The van der Waals surface area contributed by atoms with Crippen LogP contribution >= 0.6 is 23.2 Å². The van der Waals surface area contributed by atoms with Gasteiger partial charge in [-0.3, -0.25) is 4.79 Å². The van der Waals surface area contributed by atoms with Gasteiger partial charge in [0.15, 0.2) is 5.78 Å². The summed E-state index contributed by atoms with van der Waals surface area (Å²) in [6.07, 6.45) is 0. The number of aryl methyl sites for hydroxylation is 1. The van der Waals surface area contributed by atoms with Gasteiger partial charge in [-0.1, -0.05) is 47.5 Å². The van der Waals surface area contributed by atoms with E-state index in [2.05, 4.69) is 0 Å². The highest BCUT2D eigenvalue weighted by Gasteiger charge is 2.17. The lowest BCUT2D eigenvalue weighted by Crippen LogP contribution is -2.10. The molecule has 0 aliphatic rings. The zero-order valence-electron chi connectivity index (χ0n) is 13.8. The third-order valence-corrected chi connectivity index (χ3v) is 4.66. The molecule has 0 saturated carbocycles. The van der Waals surface area contributed by atoms with E-state index in [1.807, 2.05) is 6.07 Å². The average molecular weight is 385 g/mol. The fourth-order valence-corrected chi connectivity index (χ4v) is 2.86. The van der Waals surface area contributed by atoms with Crippen LogP contribution in [0.25, 0.3) is 0 Å². The van der Waals surface area contributed by atoms with Crippen LogP contribution in [0.4, 0.5) is 0 Å². The highest BCUT2D eigenvalue weighted by molar-refractivity contribution is 6.44. The fourth-order valence-electron chi connectivity index (χ4n) is 2.47. The minimum Gasteiger partial charge on any atom is -0.423 e. The number of esters is 1. The minimum absolute atomic E-state index is 0.219. The lowest BCUT2D eigenvalue weighted by atomic mass is 10.0. The van der Waals surface area contributed by atoms with Crippen LogP contribution in [-0.2, 0) is 0 Å². The van der Waals surface area contributed by atoms with Crippen LogP contribution in [0, 0.1) is 6.92 Å². The Morgan fingerprint density at radius 1 is 0.846 bits per heavy atom. The first kappa shape index (κ1) is 18.2. The molecule has 0 aromatic heterocycles. The van der Waals surface area contributed by atoms with Gasteiger partial charge in [-0.25, -0.2) is 4.79 Å². The quantitative estimate of drug-likeness (QED) is 0.326. The van der Waals surface area contributed by atoms with Crippen LogP contribution in [0.2, 0.25) is 10.0 Å². The van der Waals surface area contributed by atoms with Crippen molar-refractivity contribution >= 4 is 35.0 Å². The van der Waals surface area contributed by atoms with Gasteiger partial charge in [0.1, 0.15) is 5.75 Å². The first-order chi connectivity index (χ1) is 12.5. The molecule has 130 valence electrons. The van der Waals surface area contributed by atoms with Crippen molar-refractivity contribution in [2.24, 2.45) is 0 Å². The van der Waals surface area contributed by atoms with Crippen LogP contribution in [0.5, 0.6) is 5.75 Å². The number of ether oxygens (including phenoxy) is 1. The van der Waals surface area contributed by atoms with Gasteiger partial charge >= 0.3 is 5.97 Å². The Hall–Kier alpha value is -2.62. The molecule has 0 N–H and O–H groups in total. The number of hydrogen-bond acceptors (Lipinski definition) is 3. The summed E-state index contributed by atoms with van der Waals surface area (Å²) < 4.78 is 5.42. The lowest BCUT2D eigenvalue weighted by molar-refractivity contribution is 0.0733. The van der Waals surface area contributed by atoms with E-state index in [0.717, 1.165) is 0 Å². The predicted octanol–water partition coefficient (Wildman–Crippen LogP) is 5.75. The number of halogens is 2. The Kier molecular flexibility index (Phi) is 5.40. The molecule has 0 heterocycles. The van der Waals surface area contributed by atoms with E-state index in [-0.39, 0.29) is 10.8 Å². The molecule has 3 nitrogen and oxygen atoms in total. The first-order valence-corrected chi connectivity index (χ1v) is 8.59. The monoisotopic (exact) mass is 384 g/mol. The summed E-state index contributed by atoms with van der Waals surface area (Å²) in [5.74, 6) is -0.306. The maximum absolute atomic E-state index is 12.7. The maximum Gasteiger partial charge on any atom is 0.343 e. The van der Waals surface area contributed by atoms with Gasteiger partial charge in [-0.15, -0.1) is 0 Å². The topological polar surface area (TPSA) is 43.4 Å². The summed E-state index contributed by atoms with van der Waals surface area (Å²) in [4.78, 5) is 24.8. The van der Waals surface area contributed by atoms with Gasteiger partial charge in [0.05, 0.1) is 15.6 Å². The van der Waals surface area contributed by atoms with Gasteiger partial charge < -0.3 is 4.74 Å². The molecule has 0 atom stereocenters. The smallest absolute Gasteiger partial charge is 0.343 e. The van der Waals surface area contributed by atoms with Crippen LogP contribution in [0.15, 0.2) is 66.7 Å². The molecule has 0 fully saturated rings. The summed E-state index contributed by atoms with van der Waals surface area (Å²) >= 11 is 12.1. The molecule has 0 aliphatic carbocycles. The molecular formula is C21H14Cl2O3. The fraction of sp³-hybridized carbons (Fsp3) is 0.0476. The summed E-state index contributed by atoms with van der Waals surface area (Å²) in [5.41, 5.74) is 1.88. The molecule has 0 radical (unpaired) electrons. The van der Waals surface area contributed by atoms with Crippen molar-refractivity contribution in [3.63, 3.8) is 0 Å². The molecule has 5 heteroatoms. The van der Waals surface area contributed by atoms with Crippen molar-refractivity contribution in [2.75, 3.05) is 0 Å². The van der Waals surface area contributed by atoms with Crippen molar-refractivity contribution in [1.82, 2.24) is 0 Å². The molecule has 0 saturated heterocycles. The van der Waals surface area contributed by atoms with E-state index in [1.165, 1.54) is 0 Å². The Morgan fingerprint density at radius 3 is 2.27 bits per heavy atom. The largest absolute Gasteiger partial charge is 0.423 e. The Balaban J connectivity index is 1.84. The second-order valence-corrected chi connectivity index (χ2v) is 6.45. The highest BCUT2D eigenvalue weighted by atomic mass is 35.5. The number of ketones is 1. The molecule has 0 aliphatic heterocycles. The molecule has 3 aromatic rings. The highest BCUT2D eigenvalue weighted by Crippen LogP contribution is 2.29. The van der Waals surface area contributed by atoms with Crippen LogP contribution < -0.4 is 4.74 Å². The SMILES string of the molecule is Cc1cc(C(=O)c2cccc(Cl)c2Cl)ccc1OC(=O)c1ccccc1. The van der Waals surface area contributed by atoms with Crippen LogP contribution in [0.1, 0.15) is 31.8 Å². The second kappa shape index (κ2) is 7.73. The van der Waals surface area contributed by atoms with Gasteiger partial charge in [-0.05, 0) is 55.0 Å². The summed E-state index contributed by atoms with van der Waals surface area (Å²) in [6, 6.07) is 18.5. The zero-order chi connectivity index (χ0) is 18.7. The van der Waals surface area contributed by atoms with Crippen molar-refractivity contribution in [3.8, 4) is 5.75 Å². The van der Waals surface area contributed by atoms with Gasteiger partial charge in [0.2, 0.25) is 0 Å². The molecule has 0 bridgehead atoms. The van der Waals surface area contributed by atoms with E-state index in [1.54, 1.807) is 67.6 Å². The predicted molar refractivity (Wildman–Crippen MR) is 102 cm³/mol. The van der Waals surface area contributed by atoms with Crippen molar-refractivity contribution in [3.05, 3.63) is 99.0 Å². The van der Waals surface area contributed by atoms with E-state index >= 15 is 0 Å². The summed E-state index contributed by atoms with van der Waals surface area (Å²) in [6.45, 7) is 1.77. The van der Waals surface area contributed by atoms with E-state index in [4.69, 9.17) is 27.9 Å². The number of hydrogen-bond donors (Lipinski definition) is 0. The van der Waals surface area contributed by atoms with E-state index in [9.17, 15) is 9.59 Å². The van der Waals surface area contributed by atoms with Crippen LogP contribution in [-0.4, -0.2) is 11.8 Å². The lowest BCUT2D eigenvalue weighted by Gasteiger charge is -2.10. The minimum atomic E-state index is -0.453. The second-order valence-electron chi connectivity index (χ2n) is 5.67. The van der Waals surface area contributed by atoms with Crippen molar-refractivity contribution in [2.45, 2.75) is 6.92 Å². The molecule has 0 unspecified atom stereocenters. The molecule has 3 rings (SSSR count). The molecule has 0 spiro atoms. The van der Waals surface area contributed by atoms with Gasteiger partial charge in [0, 0.05) is 11.1 Å². The molecule has 0 amide bonds. The Bertz CT molecular complexity index is 982. The number of carbonyl (C=O) groups excluding carboxylic acids is 2. The maximum atomic E-state index is 12.7. The molecule has 26 heavy (non-hydrogen) atoms. The number of rotatable bonds is 4. The third kappa shape index (κ3) is 3.79. The van der Waals surface area contributed by atoms with Gasteiger partial charge in [0.25, 0.3) is 0 Å². The first-order valence-electron chi connectivity index (χ1n) is 7.84.